The minimum atomic E-state index is -0.234. The number of rotatable bonds is 6. The van der Waals surface area contributed by atoms with Gasteiger partial charge in [0, 0.05) is 19.8 Å². The van der Waals surface area contributed by atoms with Gasteiger partial charge in [0.15, 0.2) is 0 Å². The summed E-state index contributed by atoms with van der Waals surface area (Å²) in [5.41, 5.74) is 2.32. The van der Waals surface area contributed by atoms with E-state index in [-0.39, 0.29) is 11.7 Å². The third kappa shape index (κ3) is 5.13. The van der Waals surface area contributed by atoms with Gasteiger partial charge in [-0.1, -0.05) is 12.1 Å². The summed E-state index contributed by atoms with van der Waals surface area (Å²) in [6.07, 6.45) is 6.88. The number of nitrogens with one attached hydrogen (secondary N) is 1. The molecule has 1 N–H and O–H groups in total. The summed E-state index contributed by atoms with van der Waals surface area (Å²) >= 11 is 0. The average molecular weight is 344 g/mol. The molecule has 0 bridgehead atoms. The maximum Gasteiger partial charge on any atom is 0.234 e. The third-order valence-corrected chi connectivity index (χ3v) is 4.80. The summed E-state index contributed by atoms with van der Waals surface area (Å²) in [4.78, 5) is 14.3. The summed E-state index contributed by atoms with van der Waals surface area (Å²) in [6, 6.07) is 6.41. The highest BCUT2D eigenvalue weighted by Gasteiger charge is 2.22. The number of nitrogens with zero attached hydrogens (tertiary/aromatic N) is 3. The minimum Gasteiger partial charge on any atom is -0.355 e. The van der Waals surface area contributed by atoms with E-state index in [4.69, 9.17) is 0 Å². The zero-order valence-electron chi connectivity index (χ0n) is 14.6. The number of hydrogen-bond acceptors (Lipinski definition) is 3. The van der Waals surface area contributed by atoms with Crippen LogP contribution in [-0.2, 0) is 18.3 Å². The van der Waals surface area contributed by atoms with Crippen LogP contribution in [0.5, 0.6) is 0 Å². The number of halogens is 1. The Kier molecular flexibility index (Phi) is 5.81. The summed E-state index contributed by atoms with van der Waals surface area (Å²) in [5, 5.41) is 7.19. The van der Waals surface area contributed by atoms with Crippen molar-refractivity contribution in [2.75, 3.05) is 26.2 Å². The molecule has 1 aliphatic heterocycles. The Morgan fingerprint density at radius 1 is 1.28 bits per heavy atom. The van der Waals surface area contributed by atoms with Gasteiger partial charge in [-0.2, -0.15) is 5.10 Å². The monoisotopic (exact) mass is 344 g/mol. The van der Waals surface area contributed by atoms with Crippen LogP contribution in [0.15, 0.2) is 36.7 Å². The van der Waals surface area contributed by atoms with E-state index in [1.54, 1.807) is 12.1 Å². The molecular formula is C19H25FN4O. The molecule has 2 aromatic rings. The minimum absolute atomic E-state index is 0.0574. The Hall–Kier alpha value is -2.21. The molecule has 134 valence electrons. The van der Waals surface area contributed by atoms with Gasteiger partial charge in [0.05, 0.1) is 12.7 Å². The molecule has 0 radical (unpaired) electrons. The lowest BCUT2D eigenvalue weighted by atomic mass is 9.91. The van der Waals surface area contributed by atoms with Crippen molar-refractivity contribution in [1.82, 2.24) is 20.0 Å². The molecule has 1 amide bonds. The van der Waals surface area contributed by atoms with E-state index in [0.717, 1.165) is 37.9 Å². The number of carbonyl (C=O) groups is 1. The molecule has 2 heterocycles. The van der Waals surface area contributed by atoms with E-state index in [2.05, 4.69) is 21.5 Å². The highest BCUT2D eigenvalue weighted by molar-refractivity contribution is 5.78. The molecule has 5 nitrogen and oxygen atoms in total. The second-order valence-electron chi connectivity index (χ2n) is 6.72. The molecule has 0 spiro atoms. The van der Waals surface area contributed by atoms with E-state index in [9.17, 15) is 9.18 Å². The number of carbonyl (C=O) groups excluding carboxylic acids is 1. The van der Waals surface area contributed by atoms with Crippen molar-refractivity contribution in [3.05, 3.63) is 53.6 Å². The quantitative estimate of drug-likeness (QED) is 0.873. The molecular weight excluding hydrogens is 319 g/mol. The first-order valence-electron chi connectivity index (χ1n) is 8.82. The summed E-state index contributed by atoms with van der Waals surface area (Å²) < 4.78 is 14.7. The lowest BCUT2D eigenvalue weighted by Crippen LogP contribution is -2.41. The van der Waals surface area contributed by atoms with Crippen molar-refractivity contribution in [2.45, 2.75) is 25.2 Å². The van der Waals surface area contributed by atoms with Crippen LogP contribution in [-0.4, -0.2) is 46.8 Å². The highest BCUT2D eigenvalue weighted by Crippen LogP contribution is 2.27. The van der Waals surface area contributed by atoms with Crippen molar-refractivity contribution in [1.29, 1.82) is 0 Å². The standard InChI is InChI=1S/C19H25FN4O/c1-23-13-17(12-22-23)16-7-10-24(11-8-16)14-19(25)21-9-6-15-2-4-18(20)5-3-15/h2-5,12-13,16H,6-11,14H2,1H3,(H,21,25). The van der Waals surface area contributed by atoms with Gasteiger partial charge >= 0.3 is 0 Å². The predicted octanol–water partition coefficient (Wildman–Crippen LogP) is 2.10. The maximum absolute atomic E-state index is 12.9. The lowest BCUT2D eigenvalue weighted by molar-refractivity contribution is -0.122. The van der Waals surface area contributed by atoms with Crippen molar-refractivity contribution in [3.8, 4) is 0 Å². The molecule has 0 atom stereocenters. The Labute approximate surface area is 147 Å². The van der Waals surface area contributed by atoms with Gasteiger partial charge in [0.2, 0.25) is 5.91 Å². The predicted molar refractivity (Wildman–Crippen MR) is 94.7 cm³/mol. The molecule has 6 heteroatoms. The van der Waals surface area contributed by atoms with Gasteiger partial charge in [-0.25, -0.2) is 4.39 Å². The summed E-state index contributed by atoms with van der Waals surface area (Å²) in [5.74, 6) is 0.371. The fourth-order valence-corrected chi connectivity index (χ4v) is 3.33. The molecule has 1 aliphatic rings. The van der Waals surface area contributed by atoms with Crippen LogP contribution in [0.4, 0.5) is 4.39 Å². The topological polar surface area (TPSA) is 50.2 Å². The molecule has 0 aliphatic carbocycles. The average Bonchev–Trinajstić information content (AvgIpc) is 3.04. The molecule has 1 saturated heterocycles. The molecule has 1 aromatic carbocycles. The number of hydrogen-bond donors (Lipinski definition) is 1. The number of likely N-dealkylation sites (tertiary alicyclic amines) is 1. The van der Waals surface area contributed by atoms with E-state index < -0.39 is 0 Å². The Balaban J connectivity index is 1.35. The van der Waals surface area contributed by atoms with Crippen LogP contribution in [0.1, 0.15) is 29.9 Å². The van der Waals surface area contributed by atoms with Crippen molar-refractivity contribution in [3.63, 3.8) is 0 Å². The zero-order chi connectivity index (χ0) is 17.6. The smallest absolute Gasteiger partial charge is 0.234 e. The second-order valence-corrected chi connectivity index (χ2v) is 6.72. The van der Waals surface area contributed by atoms with Gasteiger partial charge in [0.25, 0.3) is 0 Å². The molecule has 1 fully saturated rings. The van der Waals surface area contributed by atoms with Crippen molar-refractivity contribution in [2.24, 2.45) is 7.05 Å². The van der Waals surface area contributed by atoms with E-state index >= 15 is 0 Å². The molecule has 0 saturated carbocycles. The van der Waals surface area contributed by atoms with Crippen LogP contribution in [0.25, 0.3) is 0 Å². The maximum atomic E-state index is 12.9. The van der Waals surface area contributed by atoms with Crippen LogP contribution >= 0.6 is 0 Å². The van der Waals surface area contributed by atoms with Crippen LogP contribution in [0, 0.1) is 5.82 Å². The van der Waals surface area contributed by atoms with Crippen LogP contribution in [0.3, 0.4) is 0 Å². The Morgan fingerprint density at radius 2 is 2.00 bits per heavy atom. The first kappa shape index (κ1) is 17.6. The van der Waals surface area contributed by atoms with E-state index in [1.165, 1.54) is 17.7 Å². The zero-order valence-corrected chi connectivity index (χ0v) is 14.6. The molecule has 25 heavy (non-hydrogen) atoms. The molecule has 0 unspecified atom stereocenters. The fraction of sp³-hybridized carbons (Fsp3) is 0.474. The lowest BCUT2D eigenvalue weighted by Gasteiger charge is -2.31. The summed E-state index contributed by atoms with van der Waals surface area (Å²) in [7, 11) is 1.94. The SMILES string of the molecule is Cn1cc(C2CCN(CC(=O)NCCc3ccc(F)cc3)CC2)cn1. The van der Waals surface area contributed by atoms with Gasteiger partial charge < -0.3 is 5.32 Å². The number of amides is 1. The van der Waals surface area contributed by atoms with E-state index in [1.807, 2.05) is 17.9 Å². The second kappa shape index (κ2) is 8.25. The largest absolute Gasteiger partial charge is 0.355 e. The first-order chi connectivity index (χ1) is 12.1. The van der Waals surface area contributed by atoms with Crippen LogP contribution < -0.4 is 5.32 Å². The van der Waals surface area contributed by atoms with E-state index in [0.29, 0.717) is 19.0 Å². The third-order valence-electron chi connectivity index (χ3n) is 4.80. The normalized spacial score (nSPS) is 16.1. The van der Waals surface area contributed by atoms with Gasteiger partial charge in [-0.15, -0.1) is 0 Å². The number of aromatic nitrogens is 2. The number of piperidine rings is 1. The molecule has 1 aromatic heterocycles. The van der Waals surface area contributed by atoms with Crippen molar-refractivity contribution < 1.29 is 9.18 Å². The first-order valence-corrected chi connectivity index (χ1v) is 8.82. The Morgan fingerprint density at radius 3 is 2.64 bits per heavy atom. The van der Waals surface area contributed by atoms with Gasteiger partial charge in [0.1, 0.15) is 5.82 Å². The van der Waals surface area contributed by atoms with Gasteiger partial charge in [-0.3, -0.25) is 14.4 Å². The molecule has 3 rings (SSSR count). The fourth-order valence-electron chi connectivity index (χ4n) is 3.33. The van der Waals surface area contributed by atoms with Crippen LogP contribution in [0.2, 0.25) is 0 Å². The summed E-state index contributed by atoms with van der Waals surface area (Å²) in [6.45, 7) is 2.90. The highest BCUT2D eigenvalue weighted by atomic mass is 19.1. The van der Waals surface area contributed by atoms with Crippen molar-refractivity contribution >= 4 is 5.91 Å². The number of benzene rings is 1. The number of aryl methyl sites for hydroxylation is 1. The van der Waals surface area contributed by atoms with Gasteiger partial charge in [-0.05, 0) is 61.5 Å². The Bertz CT molecular complexity index is 690.